The van der Waals surface area contributed by atoms with Gasteiger partial charge < -0.3 is 0 Å². The third kappa shape index (κ3) is 0.201. The number of nitrogens with two attached hydrogens (primary N) is 1. The zero-order valence-electron chi connectivity index (χ0n) is 15.3. The Morgan fingerprint density at radius 3 is 1.59 bits per heavy atom. The number of hydrogen-bond acceptors (Lipinski definition) is 1. The van der Waals surface area contributed by atoms with E-state index in [4.69, 9.17) is 5.73 Å². The molecule has 0 saturated carbocycles. The van der Waals surface area contributed by atoms with Crippen molar-refractivity contribution in [3.63, 3.8) is 0 Å². The second kappa shape index (κ2) is 1.43. The monoisotopic (exact) mass is 413 g/mol. The summed E-state index contributed by atoms with van der Waals surface area (Å²) in [7, 11) is -0.229. The average molecular weight is 413 g/mol. The molecule has 10 aliphatic heterocycles. The van der Waals surface area contributed by atoms with E-state index in [9.17, 15) is 0 Å². The Balaban J connectivity index is 1.32. The van der Waals surface area contributed by atoms with E-state index in [0.29, 0.717) is 6.04 Å². The first-order chi connectivity index (χ1) is 13.0. The summed E-state index contributed by atoms with van der Waals surface area (Å²) in [5.74, 6) is 0. The summed E-state index contributed by atoms with van der Waals surface area (Å²) in [5, 5.41) is 3.37. The molecular formula is C24H24FeNP. The van der Waals surface area contributed by atoms with Crippen LogP contribution in [-0.4, -0.2) is 10.1 Å². The van der Waals surface area contributed by atoms with Crippen molar-refractivity contribution < 1.29 is 6.51 Å². The van der Waals surface area contributed by atoms with Crippen molar-refractivity contribution in [3.05, 3.63) is 60.7 Å². The van der Waals surface area contributed by atoms with Crippen molar-refractivity contribution in [1.29, 1.82) is 0 Å². The predicted octanol–water partition coefficient (Wildman–Crippen LogP) is 5.13. The number of hydrogen-bond donors (Lipinski definition) is 1. The molecule has 2 N–H and O–H groups in total. The van der Waals surface area contributed by atoms with E-state index in [1.54, 1.807) is 10.6 Å². The normalized spacial score (nSPS) is 83.4. The fourth-order valence-corrected chi connectivity index (χ4v) is 112. The third-order valence-electron chi connectivity index (χ3n) is 17.9. The van der Waals surface area contributed by atoms with Crippen LogP contribution in [0.5, 0.6) is 0 Å². The summed E-state index contributed by atoms with van der Waals surface area (Å²) < 4.78 is 1.50. The van der Waals surface area contributed by atoms with Crippen molar-refractivity contribution in [3.8, 4) is 0 Å². The zero-order chi connectivity index (χ0) is 17.3. The van der Waals surface area contributed by atoms with Gasteiger partial charge in [0.2, 0.25) is 0 Å². The molecule has 27 heavy (non-hydrogen) atoms. The summed E-state index contributed by atoms with van der Waals surface area (Å²) in [6.45, 7) is -1.02. The molecular weight excluding hydrogens is 389 g/mol. The first-order valence-corrected chi connectivity index (χ1v) is 18.4. The Morgan fingerprint density at radius 1 is 0.778 bits per heavy atom. The van der Waals surface area contributed by atoms with Crippen LogP contribution in [0.3, 0.4) is 0 Å². The topological polar surface area (TPSA) is 26.0 Å². The van der Waals surface area contributed by atoms with Crippen LogP contribution in [0.25, 0.3) is 0 Å². The Morgan fingerprint density at radius 2 is 1.26 bits per heavy atom. The second-order valence-corrected chi connectivity index (χ2v) is 39.6. The van der Waals surface area contributed by atoms with Crippen molar-refractivity contribution in [2.45, 2.75) is 59.9 Å². The molecule has 1 spiro atoms. The van der Waals surface area contributed by atoms with E-state index >= 15 is 0 Å². The van der Waals surface area contributed by atoms with Crippen LogP contribution < -0.4 is 16.3 Å². The molecule has 0 radical (unpaired) electrons. The van der Waals surface area contributed by atoms with Gasteiger partial charge in [0.15, 0.2) is 0 Å². The van der Waals surface area contributed by atoms with Crippen molar-refractivity contribution >= 4 is 18.5 Å². The Labute approximate surface area is 151 Å². The van der Waals surface area contributed by atoms with Crippen LogP contribution in [0, 0.1) is 0 Å². The minimum atomic E-state index is -3.48. The standard InChI is InChI=1S/C19H19NP.C5H5.Fe/c1-15(20)18-13-8-14-19(18)21(16-9-4-2-5-10-16)17-11-6-3-7-12-17;1-2-4-5-3-1;/h2-15H,20H2,1H3;1-5H;/t15-;;/m1../s1. The fraction of sp³-hybridized carbons (Fsp3) is 0.500. The Bertz CT molecular complexity index is 1490. The van der Waals surface area contributed by atoms with Gasteiger partial charge in [0.05, 0.1) is 0 Å². The fourth-order valence-electron chi connectivity index (χ4n) is 20.3. The molecule has 1 nitrogen and oxygen atoms in total. The molecule has 12 rings (SSSR count). The number of rotatable bonds is 4. The third-order valence-corrected chi connectivity index (χ3v) is 68.1. The summed E-state index contributed by atoms with van der Waals surface area (Å²) in [6, 6.07) is 24.1. The van der Waals surface area contributed by atoms with E-state index in [2.05, 4.69) is 67.6 Å². The van der Waals surface area contributed by atoms with Crippen molar-refractivity contribution in [2.75, 3.05) is 0 Å². The molecule has 0 amide bonds. The molecule has 138 valence electrons. The molecule has 10 fully saturated rings. The molecule has 0 aliphatic carbocycles. The molecule has 10 aliphatic rings. The van der Waals surface area contributed by atoms with Crippen LogP contribution >= 0.6 is 7.92 Å². The summed E-state index contributed by atoms with van der Waals surface area (Å²) in [5.41, 5.74) is 7.10. The van der Waals surface area contributed by atoms with Gasteiger partial charge in [-0.25, -0.2) is 0 Å². The van der Waals surface area contributed by atoms with Crippen molar-refractivity contribution in [2.24, 2.45) is 5.73 Å². The molecule has 10 saturated heterocycles. The van der Waals surface area contributed by atoms with Crippen LogP contribution in [0.4, 0.5) is 0 Å². The minimum absolute atomic E-state index is 0.229. The van der Waals surface area contributed by atoms with Crippen LogP contribution in [0.2, 0.25) is 42.8 Å². The van der Waals surface area contributed by atoms with Crippen LogP contribution in [0.15, 0.2) is 60.7 Å². The molecule has 3 heteroatoms. The van der Waals surface area contributed by atoms with Gasteiger partial charge >= 0.3 is 151 Å². The summed E-state index contributed by atoms with van der Waals surface area (Å²) >= 11 is 0. The molecule has 2 aromatic rings. The van der Waals surface area contributed by atoms with Gasteiger partial charge in [-0.2, -0.15) is 0 Å². The molecule has 4 unspecified atom stereocenters. The van der Waals surface area contributed by atoms with Crippen LogP contribution in [0.1, 0.15) is 6.92 Å². The van der Waals surface area contributed by atoms with Crippen LogP contribution in [-0.2, 0) is 6.51 Å². The Hall–Kier alpha value is -0.651. The van der Waals surface area contributed by atoms with Gasteiger partial charge in [0.25, 0.3) is 0 Å². The first-order valence-electron chi connectivity index (χ1n) is 10.8. The number of benzene rings is 2. The number of fused-ring (bicyclic) bond motifs is 10. The molecule has 6 atom stereocenters. The average Bonchev–Trinajstić information content (AvgIpc) is 3.64. The van der Waals surface area contributed by atoms with E-state index < -0.39 is 6.51 Å². The maximum absolute atomic E-state index is 7.10. The van der Waals surface area contributed by atoms with E-state index in [0.717, 1.165) is 8.37 Å². The maximum atomic E-state index is 7.10. The Kier molecular flexibility index (Phi) is 0.645. The van der Waals surface area contributed by atoms with Gasteiger partial charge in [-0.3, -0.25) is 0 Å². The second-order valence-electron chi connectivity index (χ2n) is 13.6. The van der Waals surface area contributed by atoms with Gasteiger partial charge in [-0.1, -0.05) is 0 Å². The van der Waals surface area contributed by atoms with E-state index in [-0.39, 0.29) is 7.92 Å². The SMILES string of the molecule is C[C@@H](N)[C@@]12[CH]3[CH]4[CH]5[C]1(P(c1ccccc1)c1ccccc1)[Fe]45321678[CH]2[CH]1[CH]6[CH]7[CH]28. The van der Waals surface area contributed by atoms with Gasteiger partial charge in [0, 0.05) is 0 Å². The quantitative estimate of drug-likeness (QED) is 0.546. The summed E-state index contributed by atoms with van der Waals surface area (Å²) in [6.07, 6.45) is 0. The zero-order valence-corrected chi connectivity index (χ0v) is 17.3. The molecule has 2 aromatic carbocycles. The van der Waals surface area contributed by atoms with Gasteiger partial charge in [0.1, 0.15) is 0 Å². The predicted molar refractivity (Wildman–Crippen MR) is 108 cm³/mol. The van der Waals surface area contributed by atoms with E-state index in [1.807, 2.05) is 0 Å². The molecule has 10 heterocycles. The molecule has 0 aromatic heterocycles. The van der Waals surface area contributed by atoms with Gasteiger partial charge in [-0.05, 0) is 0 Å². The summed E-state index contributed by atoms with van der Waals surface area (Å²) in [4.78, 5) is 10.4. The van der Waals surface area contributed by atoms with Gasteiger partial charge in [-0.15, -0.1) is 0 Å². The van der Waals surface area contributed by atoms with Crippen molar-refractivity contribution in [1.82, 2.24) is 0 Å². The molecule has 0 bridgehead atoms. The first kappa shape index (κ1) is 12.1. The van der Waals surface area contributed by atoms with E-state index in [1.165, 1.54) is 38.5 Å².